The molecular formula is C19H19FN4O3S. The standard InChI is InChI=1S/C19H19FN4O3S/c1-24(2)12-7-8-15(27-17-13(20)5-4-6-16(17)26-3)14(11-12)22-18(25)23-19-21-9-10-28-19/h4-11H,1-3H3,(H2,21,22,23,25). The van der Waals surface area contributed by atoms with Crippen molar-refractivity contribution >= 4 is 33.9 Å². The summed E-state index contributed by atoms with van der Waals surface area (Å²) in [6, 6.07) is 9.08. The number of benzene rings is 2. The smallest absolute Gasteiger partial charge is 0.325 e. The second-order valence-corrected chi connectivity index (χ2v) is 6.76. The highest BCUT2D eigenvalue weighted by atomic mass is 32.1. The van der Waals surface area contributed by atoms with Crippen LogP contribution in [0.3, 0.4) is 0 Å². The second kappa shape index (κ2) is 8.57. The first-order valence-corrected chi connectivity index (χ1v) is 9.15. The minimum Gasteiger partial charge on any atom is -0.493 e. The lowest BCUT2D eigenvalue weighted by atomic mass is 10.2. The first-order valence-electron chi connectivity index (χ1n) is 8.27. The zero-order chi connectivity index (χ0) is 20.1. The highest BCUT2D eigenvalue weighted by Crippen LogP contribution is 2.38. The first kappa shape index (κ1) is 19.4. The summed E-state index contributed by atoms with van der Waals surface area (Å²) in [4.78, 5) is 18.2. The van der Waals surface area contributed by atoms with E-state index in [0.717, 1.165) is 5.69 Å². The number of carbonyl (C=O) groups is 1. The summed E-state index contributed by atoms with van der Waals surface area (Å²) < 4.78 is 25.2. The van der Waals surface area contributed by atoms with Gasteiger partial charge in [-0.05, 0) is 30.3 Å². The number of nitrogens with one attached hydrogen (secondary N) is 2. The van der Waals surface area contributed by atoms with Crippen molar-refractivity contribution in [3.63, 3.8) is 0 Å². The van der Waals surface area contributed by atoms with E-state index in [0.29, 0.717) is 10.8 Å². The Labute approximate surface area is 165 Å². The van der Waals surface area contributed by atoms with E-state index < -0.39 is 11.8 Å². The van der Waals surface area contributed by atoms with Crippen molar-refractivity contribution in [2.24, 2.45) is 0 Å². The summed E-state index contributed by atoms with van der Waals surface area (Å²) in [6.07, 6.45) is 1.59. The number of rotatable bonds is 6. The molecule has 0 bridgehead atoms. The van der Waals surface area contributed by atoms with Crippen molar-refractivity contribution in [1.82, 2.24) is 4.98 Å². The second-order valence-electron chi connectivity index (χ2n) is 5.86. The number of hydrogen-bond donors (Lipinski definition) is 2. The fourth-order valence-corrected chi connectivity index (χ4v) is 2.90. The van der Waals surface area contributed by atoms with E-state index in [9.17, 15) is 9.18 Å². The van der Waals surface area contributed by atoms with Crippen LogP contribution in [0.15, 0.2) is 48.0 Å². The maximum Gasteiger partial charge on any atom is 0.325 e. The van der Waals surface area contributed by atoms with Gasteiger partial charge < -0.3 is 19.7 Å². The fraction of sp³-hybridized carbons (Fsp3) is 0.158. The molecule has 3 rings (SSSR count). The Kier molecular flexibility index (Phi) is 5.95. The lowest BCUT2D eigenvalue weighted by molar-refractivity contribution is 0.262. The van der Waals surface area contributed by atoms with E-state index >= 15 is 0 Å². The van der Waals surface area contributed by atoms with E-state index in [1.165, 1.54) is 30.6 Å². The van der Waals surface area contributed by atoms with Crippen molar-refractivity contribution in [1.29, 1.82) is 0 Å². The lowest BCUT2D eigenvalue weighted by Gasteiger charge is -2.18. The molecule has 1 aromatic heterocycles. The molecule has 0 fully saturated rings. The molecule has 0 unspecified atom stereocenters. The monoisotopic (exact) mass is 402 g/mol. The molecule has 0 aliphatic rings. The predicted molar refractivity (Wildman–Crippen MR) is 109 cm³/mol. The van der Waals surface area contributed by atoms with Crippen LogP contribution in [0, 0.1) is 5.82 Å². The number of urea groups is 1. The SMILES string of the molecule is COc1cccc(F)c1Oc1ccc(N(C)C)cc1NC(=O)Nc1nccs1. The number of methoxy groups -OCH3 is 1. The molecule has 7 nitrogen and oxygen atoms in total. The third kappa shape index (κ3) is 4.49. The van der Waals surface area contributed by atoms with Gasteiger partial charge in [-0.3, -0.25) is 5.32 Å². The molecule has 0 saturated heterocycles. The molecule has 28 heavy (non-hydrogen) atoms. The van der Waals surface area contributed by atoms with Gasteiger partial charge in [-0.2, -0.15) is 0 Å². The number of anilines is 3. The van der Waals surface area contributed by atoms with Crippen LogP contribution < -0.4 is 25.0 Å². The number of carbonyl (C=O) groups excluding carboxylic acids is 1. The zero-order valence-corrected chi connectivity index (χ0v) is 16.3. The highest BCUT2D eigenvalue weighted by Gasteiger charge is 2.16. The van der Waals surface area contributed by atoms with Gasteiger partial charge in [-0.15, -0.1) is 11.3 Å². The molecule has 2 N–H and O–H groups in total. The van der Waals surface area contributed by atoms with Crippen LogP contribution in [-0.2, 0) is 0 Å². The van der Waals surface area contributed by atoms with Gasteiger partial charge in [0.05, 0.1) is 12.8 Å². The molecular weight excluding hydrogens is 383 g/mol. The number of halogens is 1. The molecule has 0 aliphatic heterocycles. The van der Waals surface area contributed by atoms with Crippen LogP contribution in [-0.4, -0.2) is 32.2 Å². The number of hydrogen-bond acceptors (Lipinski definition) is 6. The van der Waals surface area contributed by atoms with E-state index in [4.69, 9.17) is 9.47 Å². The Morgan fingerprint density at radius 2 is 2.00 bits per heavy atom. The van der Waals surface area contributed by atoms with Crippen molar-refractivity contribution in [3.8, 4) is 17.2 Å². The summed E-state index contributed by atoms with van der Waals surface area (Å²) in [5.41, 5.74) is 1.20. The molecule has 2 aromatic carbocycles. The maximum absolute atomic E-state index is 14.3. The van der Waals surface area contributed by atoms with Crippen LogP contribution in [0.5, 0.6) is 17.2 Å². The summed E-state index contributed by atoms with van der Waals surface area (Å²) in [6.45, 7) is 0. The Morgan fingerprint density at radius 3 is 2.68 bits per heavy atom. The largest absolute Gasteiger partial charge is 0.493 e. The van der Waals surface area contributed by atoms with Gasteiger partial charge in [-0.1, -0.05) is 6.07 Å². The molecule has 0 radical (unpaired) electrons. The van der Waals surface area contributed by atoms with Crippen molar-refractivity contribution in [2.75, 3.05) is 36.7 Å². The number of para-hydroxylation sites is 1. The molecule has 146 valence electrons. The Hall–Kier alpha value is -3.33. The van der Waals surface area contributed by atoms with E-state index in [2.05, 4.69) is 15.6 Å². The van der Waals surface area contributed by atoms with Gasteiger partial charge in [0.15, 0.2) is 22.4 Å². The minimum atomic E-state index is -0.575. The molecule has 0 spiro atoms. The number of aromatic nitrogens is 1. The Balaban J connectivity index is 1.91. The normalized spacial score (nSPS) is 10.3. The molecule has 9 heteroatoms. The van der Waals surface area contributed by atoms with E-state index in [1.54, 1.807) is 35.8 Å². The van der Waals surface area contributed by atoms with Gasteiger partial charge in [0.25, 0.3) is 0 Å². The molecule has 2 amide bonds. The summed E-state index contributed by atoms with van der Waals surface area (Å²) >= 11 is 1.29. The number of thiazole rings is 1. The van der Waals surface area contributed by atoms with Gasteiger partial charge in [0, 0.05) is 31.4 Å². The van der Waals surface area contributed by atoms with Gasteiger partial charge in [0.2, 0.25) is 5.75 Å². The highest BCUT2D eigenvalue weighted by molar-refractivity contribution is 7.13. The number of nitrogens with zero attached hydrogens (tertiary/aromatic N) is 2. The van der Waals surface area contributed by atoms with Gasteiger partial charge >= 0.3 is 6.03 Å². The van der Waals surface area contributed by atoms with Crippen LogP contribution in [0.25, 0.3) is 0 Å². The first-order chi connectivity index (χ1) is 13.5. The van der Waals surface area contributed by atoms with Crippen LogP contribution in [0.1, 0.15) is 0 Å². The Bertz CT molecular complexity index is 964. The van der Waals surface area contributed by atoms with Gasteiger partial charge in [0.1, 0.15) is 0 Å². The van der Waals surface area contributed by atoms with Crippen molar-refractivity contribution in [3.05, 3.63) is 53.8 Å². The van der Waals surface area contributed by atoms with Crippen LogP contribution in [0.4, 0.5) is 25.7 Å². The fourth-order valence-electron chi connectivity index (χ4n) is 2.38. The topological polar surface area (TPSA) is 75.7 Å². The maximum atomic E-state index is 14.3. The lowest BCUT2D eigenvalue weighted by Crippen LogP contribution is -2.20. The Morgan fingerprint density at radius 1 is 1.18 bits per heavy atom. The van der Waals surface area contributed by atoms with Crippen LogP contribution >= 0.6 is 11.3 Å². The van der Waals surface area contributed by atoms with Gasteiger partial charge in [-0.25, -0.2) is 14.2 Å². The number of ether oxygens (including phenoxy) is 2. The zero-order valence-electron chi connectivity index (χ0n) is 15.5. The predicted octanol–water partition coefficient (Wildman–Crippen LogP) is 4.79. The summed E-state index contributed by atoms with van der Waals surface area (Å²) in [7, 11) is 5.17. The van der Waals surface area contributed by atoms with Crippen molar-refractivity contribution < 1.29 is 18.7 Å². The third-order valence-electron chi connectivity index (χ3n) is 3.74. The van der Waals surface area contributed by atoms with Crippen LogP contribution in [0.2, 0.25) is 0 Å². The summed E-state index contributed by atoms with van der Waals surface area (Å²) in [5.74, 6) is -0.127. The average molecular weight is 402 g/mol. The molecule has 1 heterocycles. The quantitative estimate of drug-likeness (QED) is 0.620. The molecule has 0 atom stereocenters. The average Bonchev–Trinajstić information content (AvgIpc) is 3.17. The minimum absolute atomic E-state index is 0.0639. The third-order valence-corrected chi connectivity index (χ3v) is 4.43. The molecule has 3 aromatic rings. The molecule has 0 saturated carbocycles. The molecule has 0 aliphatic carbocycles. The van der Waals surface area contributed by atoms with E-state index in [1.807, 2.05) is 19.0 Å². The summed E-state index contributed by atoms with van der Waals surface area (Å²) in [5, 5.41) is 7.57. The number of amides is 2. The van der Waals surface area contributed by atoms with E-state index in [-0.39, 0.29) is 17.2 Å². The van der Waals surface area contributed by atoms with Crippen molar-refractivity contribution in [2.45, 2.75) is 0 Å².